The standard InChI is InChI=1S/C26H28N4O5/c1-26(2,3)13-20-27-21-22(23(31)28-29-24(21)35-15-34-4)30(20)14-16-9-11-17(12-10-16)18-7-5-6-8-19(18)25(32)33/h5-12H,13-15H2,1-4H3,(H,28,31)(H,32,33). The Bertz CT molecular complexity index is 1360. The van der Waals surface area contributed by atoms with Crippen molar-refractivity contribution in [2.75, 3.05) is 13.9 Å². The molecular formula is C26H28N4O5. The normalized spacial score (nSPS) is 11.7. The van der Waals surface area contributed by atoms with Crippen LogP contribution in [0.25, 0.3) is 22.2 Å². The van der Waals surface area contributed by atoms with Crippen LogP contribution >= 0.6 is 0 Å². The lowest BCUT2D eigenvalue weighted by molar-refractivity contribution is 0.0481. The molecule has 0 amide bonds. The second-order valence-corrected chi connectivity index (χ2v) is 9.48. The minimum Gasteiger partial charge on any atom is -0.491 e. The van der Waals surface area contributed by atoms with Gasteiger partial charge in [0.25, 0.3) is 11.8 Å². The number of fused-ring (bicyclic) bond motifs is 1. The number of hydrogen-bond donors (Lipinski definition) is 2. The quantitative estimate of drug-likeness (QED) is 0.356. The maximum absolute atomic E-state index is 11.6. The Morgan fingerprint density at radius 1 is 1.06 bits per heavy atom. The van der Waals surface area contributed by atoms with E-state index in [4.69, 9.17) is 14.5 Å². The number of imidazole rings is 1. The van der Waals surface area contributed by atoms with Crippen molar-refractivity contribution in [2.24, 2.45) is 5.41 Å². The molecule has 0 atom stereocenters. The van der Waals surface area contributed by atoms with E-state index in [9.17, 15) is 15.0 Å². The Morgan fingerprint density at radius 3 is 2.43 bits per heavy atom. The number of rotatable bonds is 8. The van der Waals surface area contributed by atoms with Crippen LogP contribution in [0.5, 0.6) is 11.8 Å². The third kappa shape index (κ3) is 5.25. The number of carboxylic acids is 1. The van der Waals surface area contributed by atoms with Crippen LogP contribution in [0.4, 0.5) is 0 Å². The van der Waals surface area contributed by atoms with E-state index in [0.29, 0.717) is 29.6 Å². The molecule has 2 heterocycles. The highest BCUT2D eigenvalue weighted by molar-refractivity contribution is 5.96. The Morgan fingerprint density at radius 2 is 1.77 bits per heavy atom. The Hall–Kier alpha value is -3.98. The zero-order valence-corrected chi connectivity index (χ0v) is 20.1. The summed E-state index contributed by atoms with van der Waals surface area (Å²) in [5.41, 5.74) is 3.45. The van der Waals surface area contributed by atoms with E-state index >= 15 is 0 Å². The van der Waals surface area contributed by atoms with Crippen molar-refractivity contribution in [1.82, 2.24) is 19.7 Å². The predicted molar refractivity (Wildman–Crippen MR) is 131 cm³/mol. The predicted octanol–water partition coefficient (Wildman–Crippen LogP) is 4.52. The summed E-state index contributed by atoms with van der Waals surface area (Å²) >= 11 is 0. The van der Waals surface area contributed by atoms with Crippen LogP contribution in [0.15, 0.2) is 48.5 Å². The van der Waals surface area contributed by atoms with Crippen LogP contribution in [0.2, 0.25) is 0 Å². The minimum absolute atomic E-state index is 0.0186. The van der Waals surface area contributed by atoms with Gasteiger partial charge in [-0.25, -0.2) is 9.78 Å². The van der Waals surface area contributed by atoms with Crippen LogP contribution < -0.4 is 4.74 Å². The van der Waals surface area contributed by atoms with E-state index in [1.165, 1.54) is 7.11 Å². The van der Waals surface area contributed by atoms with Gasteiger partial charge in [-0.15, -0.1) is 10.2 Å². The second kappa shape index (κ2) is 9.71. The van der Waals surface area contributed by atoms with Gasteiger partial charge < -0.3 is 24.3 Å². The second-order valence-electron chi connectivity index (χ2n) is 9.48. The summed E-state index contributed by atoms with van der Waals surface area (Å²) in [6.07, 6.45) is 0.648. The molecule has 2 N–H and O–H groups in total. The molecule has 0 aliphatic heterocycles. The molecule has 2 aromatic heterocycles. The van der Waals surface area contributed by atoms with Gasteiger partial charge in [0.05, 0.1) is 5.56 Å². The Balaban J connectivity index is 1.75. The molecule has 0 bridgehead atoms. The first-order chi connectivity index (χ1) is 16.7. The number of carboxylic acid groups (broad SMARTS) is 1. The average molecular weight is 477 g/mol. The lowest BCUT2D eigenvalue weighted by Gasteiger charge is -2.19. The number of aromatic nitrogens is 4. The molecule has 0 saturated heterocycles. The molecule has 9 heteroatoms. The molecule has 0 fully saturated rings. The maximum atomic E-state index is 11.6. The molecule has 4 rings (SSSR count). The Kier molecular flexibility index (Phi) is 6.70. The highest BCUT2D eigenvalue weighted by Gasteiger charge is 2.24. The van der Waals surface area contributed by atoms with Crippen molar-refractivity contribution < 1.29 is 24.5 Å². The first-order valence-electron chi connectivity index (χ1n) is 11.2. The number of aromatic carboxylic acids is 1. The van der Waals surface area contributed by atoms with Crippen LogP contribution in [0, 0.1) is 5.41 Å². The van der Waals surface area contributed by atoms with Crippen molar-refractivity contribution >= 4 is 17.0 Å². The molecule has 0 spiro atoms. The monoisotopic (exact) mass is 476 g/mol. The highest BCUT2D eigenvalue weighted by Crippen LogP contribution is 2.33. The lowest BCUT2D eigenvalue weighted by atomic mass is 9.92. The van der Waals surface area contributed by atoms with Crippen molar-refractivity contribution in [3.8, 4) is 22.9 Å². The summed E-state index contributed by atoms with van der Waals surface area (Å²) in [6.45, 7) is 6.75. The van der Waals surface area contributed by atoms with Crippen LogP contribution in [0.3, 0.4) is 0 Å². The smallest absolute Gasteiger partial charge is 0.336 e. The first-order valence-corrected chi connectivity index (χ1v) is 11.2. The van der Waals surface area contributed by atoms with E-state index in [1.807, 2.05) is 34.9 Å². The van der Waals surface area contributed by atoms with E-state index in [-0.39, 0.29) is 29.5 Å². The number of benzene rings is 2. The molecule has 2 aromatic carbocycles. The summed E-state index contributed by atoms with van der Waals surface area (Å²) in [5, 5.41) is 27.9. The molecule has 0 aliphatic carbocycles. The van der Waals surface area contributed by atoms with E-state index < -0.39 is 5.97 Å². The zero-order chi connectivity index (χ0) is 25.2. The van der Waals surface area contributed by atoms with Crippen molar-refractivity contribution in [3.63, 3.8) is 0 Å². The molecule has 0 radical (unpaired) electrons. The van der Waals surface area contributed by atoms with Gasteiger partial charge in [-0.1, -0.05) is 63.2 Å². The molecule has 0 aliphatic rings. The van der Waals surface area contributed by atoms with Crippen molar-refractivity contribution in [3.05, 3.63) is 65.5 Å². The third-order valence-electron chi connectivity index (χ3n) is 5.46. The Labute approximate surface area is 203 Å². The summed E-state index contributed by atoms with van der Waals surface area (Å²) in [6, 6.07) is 14.6. The van der Waals surface area contributed by atoms with Gasteiger partial charge >= 0.3 is 5.97 Å². The first kappa shape index (κ1) is 24.2. The summed E-state index contributed by atoms with van der Waals surface area (Å²) in [7, 11) is 1.51. The van der Waals surface area contributed by atoms with Crippen LogP contribution in [-0.4, -0.2) is 49.8 Å². The van der Waals surface area contributed by atoms with Gasteiger partial charge in [-0.05, 0) is 28.2 Å². The number of carbonyl (C=O) groups is 1. The molecule has 35 heavy (non-hydrogen) atoms. The molecule has 0 saturated carbocycles. The number of ether oxygens (including phenoxy) is 2. The zero-order valence-electron chi connectivity index (χ0n) is 20.1. The summed E-state index contributed by atoms with van der Waals surface area (Å²) < 4.78 is 12.4. The van der Waals surface area contributed by atoms with E-state index in [0.717, 1.165) is 17.0 Å². The lowest BCUT2D eigenvalue weighted by Crippen LogP contribution is -2.15. The third-order valence-corrected chi connectivity index (χ3v) is 5.46. The van der Waals surface area contributed by atoms with Crippen molar-refractivity contribution in [2.45, 2.75) is 33.7 Å². The fourth-order valence-corrected chi connectivity index (χ4v) is 3.95. The minimum atomic E-state index is -0.968. The highest BCUT2D eigenvalue weighted by atomic mass is 16.7. The number of aromatic hydroxyl groups is 1. The summed E-state index contributed by atoms with van der Waals surface area (Å²) in [4.78, 5) is 16.4. The van der Waals surface area contributed by atoms with Crippen LogP contribution in [-0.2, 0) is 17.7 Å². The number of nitrogens with zero attached hydrogens (tertiary/aromatic N) is 4. The largest absolute Gasteiger partial charge is 0.491 e. The SMILES string of the molecule is COCOc1nnc(O)c2c1nc(CC(C)(C)C)n2Cc1ccc(-c2ccccc2C(=O)O)cc1. The van der Waals surface area contributed by atoms with Gasteiger partial charge in [0.2, 0.25) is 0 Å². The van der Waals surface area contributed by atoms with Crippen LogP contribution in [0.1, 0.15) is 42.5 Å². The molecule has 4 aromatic rings. The van der Waals surface area contributed by atoms with Gasteiger partial charge in [0, 0.05) is 20.1 Å². The van der Waals surface area contributed by atoms with Gasteiger partial charge in [-0.2, -0.15) is 0 Å². The number of hydrogen-bond acceptors (Lipinski definition) is 7. The summed E-state index contributed by atoms with van der Waals surface area (Å²) in [5.74, 6) is -0.247. The fraction of sp³-hybridized carbons (Fsp3) is 0.308. The average Bonchev–Trinajstić information content (AvgIpc) is 3.16. The molecular weight excluding hydrogens is 448 g/mol. The van der Waals surface area contributed by atoms with Crippen molar-refractivity contribution in [1.29, 1.82) is 0 Å². The number of methoxy groups -OCH3 is 1. The molecule has 0 unspecified atom stereocenters. The van der Waals surface area contributed by atoms with Gasteiger partial charge in [0.15, 0.2) is 12.3 Å². The molecule has 9 nitrogen and oxygen atoms in total. The van der Waals surface area contributed by atoms with Gasteiger partial charge in [0.1, 0.15) is 11.3 Å². The van der Waals surface area contributed by atoms with E-state index in [1.54, 1.807) is 18.2 Å². The molecule has 182 valence electrons. The maximum Gasteiger partial charge on any atom is 0.336 e. The van der Waals surface area contributed by atoms with Gasteiger partial charge in [-0.3, -0.25) is 0 Å². The topological polar surface area (TPSA) is 120 Å². The van der Waals surface area contributed by atoms with E-state index in [2.05, 4.69) is 31.0 Å². The fourth-order valence-electron chi connectivity index (χ4n) is 3.95.